The predicted molar refractivity (Wildman–Crippen MR) is 66.7 cm³/mol. The first-order valence-electron chi connectivity index (χ1n) is 5.70. The van der Waals surface area contributed by atoms with Crippen LogP contribution in [0.5, 0.6) is 0 Å². The van der Waals surface area contributed by atoms with Crippen molar-refractivity contribution in [2.75, 3.05) is 13.1 Å². The van der Waals surface area contributed by atoms with Crippen molar-refractivity contribution in [1.29, 1.82) is 0 Å². The fourth-order valence-electron chi connectivity index (χ4n) is 1.39. The minimum Gasteiger partial charge on any atom is -0.352 e. The van der Waals surface area contributed by atoms with Gasteiger partial charge >= 0.3 is 0 Å². The average molecular weight is 250 g/mol. The summed E-state index contributed by atoms with van der Waals surface area (Å²) >= 11 is 0. The third-order valence-electron chi connectivity index (χ3n) is 2.47. The van der Waals surface area contributed by atoms with Gasteiger partial charge in [-0.2, -0.15) is 0 Å². The lowest BCUT2D eigenvalue weighted by Gasteiger charge is -2.05. The second kappa shape index (κ2) is 7.29. The lowest BCUT2D eigenvalue weighted by molar-refractivity contribution is 0.0952. The molecular weight excluding hydrogens is 235 g/mol. The average Bonchev–Trinajstić information content (AvgIpc) is 2.36. The second-order valence-corrected chi connectivity index (χ2v) is 3.88. The number of amides is 1. The molecule has 0 saturated carbocycles. The summed E-state index contributed by atoms with van der Waals surface area (Å²) in [6.07, 6.45) is 1.44. The molecule has 18 heavy (non-hydrogen) atoms. The molecule has 0 heterocycles. The van der Waals surface area contributed by atoms with Crippen molar-refractivity contribution in [3.63, 3.8) is 0 Å². The number of carbonyl (C=O) groups is 1. The van der Waals surface area contributed by atoms with Crippen molar-refractivity contribution < 1.29 is 9.18 Å². The summed E-state index contributed by atoms with van der Waals surface area (Å²) < 4.78 is 13.2. The van der Waals surface area contributed by atoms with E-state index in [-0.39, 0.29) is 11.7 Å². The van der Waals surface area contributed by atoms with Crippen LogP contribution in [0.25, 0.3) is 10.4 Å². The Kier molecular flexibility index (Phi) is 5.67. The molecule has 1 aromatic rings. The second-order valence-electron chi connectivity index (χ2n) is 3.88. The maximum absolute atomic E-state index is 13.2. The minimum atomic E-state index is -0.383. The molecule has 0 spiro atoms. The van der Waals surface area contributed by atoms with Crippen LogP contribution in [0.1, 0.15) is 28.8 Å². The van der Waals surface area contributed by atoms with Gasteiger partial charge in [0, 0.05) is 23.6 Å². The number of hydrogen-bond donors (Lipinski definition) is 1. The zero-order valence-corrected chi connectivity index (χ0v) is 10.2. The Balaban J connectivity index is 2.36. The number of azide groups is 1. The van der Waals surface area contributed by atoms with Crippen molar-refractivity contribution in [1.82, 2.24) is 5.32 Å². The van der Waals surface area contributed by atoms with Gasteiger partial charge in [-0.3, -0.25) is 4.79 Å². The van der Waals surface area contributed by atoms with E-state index in [9.17, 15) is 9.18 Å². The van der Waals surface area contributed by atoms with Crippen molar-refractivity contribution >= 4 is 5.91 Å². The molecule has 96 valence electrons. The zero-order chi connectivity index (χ0) is 13.4. The molecule has 1 N–H and O–H groups in total. The van der Waals surface area contributed by atoms with E-state index >= 15 is 0 Å². The number of nitrogens with one attached hydrogen (secondary N) is 1. The highest BCUT2D eigenvalue weighted by atomic mass is 19.1. The van der Waals surface area contributed by atoms with Gasteiger partial charge in [0.05, 0.1) is 0 Å². The molecule has 0 aliphatic rings. The lowest BCUT2D eigenvalue weighted by Crippen LogP contribution is -2.24. The van der Waals surface area contributed by atoms with E-state index in [1.807, 2.05) is 0 Å². The van der Waals surface area contributed by atoms with Crippen LogP contribution in [0.15, 0.2) is 23.3 Å². The Hall–Kier alpha value is -2.07. The summed E-state index contributed by atoms with van der Waals surface area (Å²) in [5, 5.41) is 6.07. The van der Waals surface area contributed by atoms with Crippen LogP contribution < -0.4 is 5.32 Å². The molecule has 1 aromatic carbocycles. The summed E-state index contributed by atoms with van der Waals surface area (Å²) in [6, 6.07) is 4.39. The first-order chi connectivity index (χ1) is 8.65. The van der Waals surface area contributed by atoms with Gasteiger partial charge in [-0.25, -0.2) is 4.39 Å². The molecule has 0 atom stereocenters. The van der Waals surface area contributed by atoms with E-state index in [1.165, 1.54) is 6.07 Å². The first-order valence-corrected chi connectivity index (χ1v) is 5.70. The monoisotopic (exact) mass is 250 g/mol. The largest absolute Gasteiger partial charge is 0.352 e. The van der Waals surface area contributed by atoms with Crippen molar-refractivity contribution in [3.8, 4) is 0 Å². The summed E-state index contributed by atoms with van der Waals surface area (Å²) in [5.74, 6) is -0.677. The fourth-order valence-corrected chi connectivity index (χ4v) is 1.39. The SMILES string of the molecule is Cc1ccc(C(=O)NCCCCN=[N+]=[N-])cc1F. The van der Waals surface area contributed by atoms with Gasteiger partial charge < -0.3 is 5.32 Å². The van der Waals surface area contributed by atoms with E-state index in [0.29, 0.717) is 30.6 Å². The van der Waals surface area contributed by atoms with Crippen LogP contribution in [0, 0.1) is 12.7 Å². The van der Waals surface area contributed by atoms with E-state index < -0.39 is 0 Å². The van der Waals surface area contributed by atoms with Gasteiger partial charge in [0.25, 0.3) is 5.91 Å². The van der Waals surface area contributed by atoms with Crippen molar-refractivity contribution in [2.24, 2.45) is 5.11 Å². The number of rotatable bonds is 6. The van der Waals surface area contributed by atoms with Crippen LogP contribution in [0.2, 0.25) is 0 Å². The third kappa shape index (κ3) is 4.43. The van der Waals surface area contributed by atoms with Gasteiger partial charge in [0.15, 0.2) is 0 Å². The van der Waals surface area contributed by atoms with Crippen LogP contribution in [0.3, 0.4) is 0 Å². The lowest BCUT2D eigenvalue weighted by atomic mass is 10.1. The number of halogens is 1. The molecule has 0 bridgehead atoms. The molecule has 0 aliphatic carbocycles. The smallest absolute Gasteiger partial charge is 0.251 e. The molecule has 0 radical (unpaired) electrons. The molecule has 6 heteroatoms. The summed E-state index contributed by atoms with van der Waals surface area (Å²) in [6.45, 7) is 2.55. The van der Waals surface area contributed by atoms with Crippen molar-refractivity contribution in [3.05, 3.63) is 45.6 Å². The van der Waals surface area contributed by atoms with Gasteiger partial charge in [-0.15, -0.1) is 0 Å². The highest BCUT2D eigenvalue weighted by Gasteiger charge is 2.06. The maximum Gasteiger partial charge on any atom is 0.251 e. The molecule has 1 amide bonds. The molecule has 0 aliphatic heterocycles. The van der Waals surface area contributed by atoms with E-state index in [1.54, 1.807) is 19.1 Å². The molecular formula is C12H15FN4O. The number of hydrogen-bond acceptors (Lipinski definition) is 2. The Labute approximate surface area is 105 Å². The molecule has 0 saturated heterocycles. The number of unbranched alkanes of at least 4 members (excludes halogenated alkanes) is 1. The predicted octanol–water partition coefficient (Wildman–Crippen LogP) is 2.95. The topological polar surface area (TPSA) is 77.9 Å². The molecule has 5 nitrogen and oxygen atoms in total. The number of nitrogens with zero attached hydrogens (tertiary/aromatic N) is 3. The van der Waals surface area contributed by atoms with Gasteiger partial charge in [-0.1, -0.05) is 11.2 Å². The minimum absolute atomic E-state index is 0.294. The molecule has 0 aromatic heterocycles. The van der Waals surface area contributed by atoms with Crippen LogP contribution in [-0.2, 0) is 0 Å². The Morgan fingerprint density at radius 3 is 2.94 bits per heavy atom. The van der Waals surface area contributed by atoms with Crippen LogP contribution in [-0.4, -0.2) is 19.0 Å². The van der Waals surface area contributed by atoms with Gasteiger partial charge in [-0.05, 0) is 43.0 Å². The number of carbonyl (C=O) groups excluding carboxylic acids is 1. The van der Waals surface area contributed by atoms with E-state index in [0.717, 1.165) is 6.42 Å². The van der Waals surface area contributed by atoms with Gasteiger partial charge in [0.2, 0.25) is 0 Å². The van der Waals surface area contributed by atoms with Gasteiger partial charge in [0.1, 0.15) is 5.82 Å². The van der Waals surface area contributed by atoms with E-state index in [4.69, 9.17) is 5.53 Å². The standard InChI is InChI=1S/C12H15FN4O/c1-9-4-5-10(8-11(9)13)12(18)15-6-2-3-7-16-17-14/h4-5,8H,2-3,6-7H2,1H3,(H,15,18). The number of benzene rings is 1. The van der Waals surface area contributed by atoms with Crippen molar-refractivity contribution in [2.45, 2.75) is 19.8 Å². The molecule has 0 fully saturated rings. The zero-order valence-electron chi connectivity index (χ0n) is 10.2. The molecule has 0 unspecified atom stereocenters. The highest BCUT2D eigenvalue weighted by Crippen LogP contribution is 2.08. The fraction of sp³-hybridized carbons (Fsp3) is 0.417. The summed E-state index contributed by atoms with van der Waals surface area (Å²) in [7, 11) is 0. The Morgan fingerprint density at radius 2 is 2.28 bits per heavy atom. The van der Waals surface area contributed by atoms with Crippen LogP contribution >= 0.6 is 0 Å². The first kappa shape index (κ1) is 14.0. The van der Waals surface area contributed by atoms with Crippen LogP contribution in [0.4, 0.5) is 4.39 Å². The highest BCUT2D eigenvalue weighted by molar-refractivity contribution is 5.94. The normalized spacial score (nSPS) is 9.67. The number of aryl methyl sites for hydroxylation is 1. The quantitative estimate of drug-likeness (QED) is 0.358. The Bertz CT molecular complexity index is 469. The third-order valence-corrected chi connectivity index (χ3v) is 2.47. The summed E-state index contributed by atoms with van der Waals surface area (Å²) in [4.78, 5) is 14.3. The maximum atomic E-state index is 13.2. The Morgan fingerprint density at radius 1 is 1.50 bits per heavy atom. The van der Waals surface area contributed by atoms with E-state index in [2.05, 4.69) is 15.3 Å². The molecule has 1 rings (SSSR count). The summed E-state index contributed by atoms with van der Waals surface area (Å²) in [5.41, 5.74) is 8.89.